The smallest absolute Gasteiger partial charge is 0.287 e. The van der Waals surface area contributed by atoms with Crippen LogP contribution in [0.3, 0.4) is 0 Å². The van der Waals surface area contributed by atoms with Crippen molar-refractivity contribution in [1.29, 1.82) is 0 Å². The zero-order valence-corrected chi connectivity index (χ0v) is 13.0. The summed E-state index contributed by atoms with van der Waals surface area (Å²) in [7, 11) is 0. The molecule has 10 atom stereocenters. The second kappa shape index (κ2) is 6.57. The van der Waals surface area contributed by atoms with Gasteiger partial charge in [0, 0.05) is 0 Å². The first-order chi connectivity index (χ1) is 11.7. The SMILES string of the molecule is OC[C@H]1O[C@H](NC2=N[C@@H]3[C@H](O2)[C@@H](O)[C@H](O)[C@]3(O)CO)[C@H](O)[C@@H](O)[C@@H]1O. The molecule has 1 saturated heterocycles. The third-order valence-corrected chi connectivity index (χ3v) is 4.91. The molecule has 0 unspecified atom stereocenters. The van der Waals surface area contributed by atoms with Crippen molar-refractivity contribution in [3.05, 3.63) is 0 Å². The third-order valence-electron chi connectivity index (χ3n) is 4.91. The van der Waals surface area contributed by atoms with Crippen LogP contribution in [-0.4, -0.2) is 121 Å². The van der Waals surface area contributed by atoms with Crippen LogP contribution in [0.1, 0.15) is 0 Å². The van der Waals surface area contributed by atoms with E-state index in [0.29, 0.717) is 0 Å². The van der Waals surface area contributed by atoms with Gasteiger partial charge in [0.2, 0.25) is 0 Å². The van der Waals surface area contributed by atoms with Crippen LogP contribution < -0.4 is 5.32 Å². The molecule has 0 radical (unpaired) electrons. The Hall–Kier alpha value is -1.09. The summed E-state index contributed by atoms with van der Waals surface area (Å²) < 4.78 is 10.5. The number of nitrogens with zero attached hydrogens (tertiary/aromatic N) is 1. The molecule has 12 nitrogen and oxygen atoms in total. The van der Waals surface area contributed by atoms with E-state index in [2.05, 4.69) is 10.3 Å². The molecule has 2 fully saturated rings. The van der Waals surface area contributed by atoms with Crippen molar-refractivity contribution in [3.8, 4) is 0 Å². The third kappa shape index (κ3) is 2.79. The topological polar surface area (TPSA) is 205 Å². The van der Waals surface area contributed by atoms with E-state index in [1.54, 1.807) is 0 Å². The molecule has 3 aliphatic rings. The number of ether oxygens (including phenoxy) is 2. The zero-order chi connectivity index (χ0) is 18.5. The van der Waals surface area contributed by atoms with Gasteiger partial charge in [0.05, 0.1) is 13.2 Å². The Labute approximate surface area is 141 Å². The van der Waals surface area contributed by atoms with Crippen molar-refractivity contribution in [2.45, 2.75) is 60.6 Å². The molecule has 9 N–H and O–H groups in total. The van der Waals surface area contributed by atoms with Gasteiger partial charge in [-0.2, -0.15) is 0 Å². The van der Waals surface area contributed by atoms with Crippen LogP contribution >= 0.6 is 0 Å². The second-order valence-corrected chi connectivity index (χ2v) is 6.44. The highest BCUT2D eigenvalue weighted by molar-refractivity contribution is 5.76. The maximum absolute atomic E-state index is 10.3. The quantitative estimate of drug-likeness (QED) is 0.230. The van der Waals surface area contributed by atoms with Gasteiger partial charge in [-0.25, -0.2) is 4.99 Å². The van der Waals surface area contributed by atoms with Crippen molar-refractivity contribution >= 4 is 6.02 Å². The van der Waals surface area contributed by atoms with E-state index in [0.717, 1.165) is 0 Å². The first kappa shape index (κ1) is 18.7. The van der Waals surface area contributed by atoms with Crippen molar-refractivity contribution in [2.24, 2.45) is 4.99 Å². The van der Waals surface area contributed by atoms with Gasteiger partial charge in [-0.15, -0.1) is 0 Å². The number of hydrogen-bond donors (Lipinski definition) is 9. The minimum Gasteiger partial charge on any atom is -0.457 e. The van der Waals surface area contributed by atoms with Crippen molar-refractivity contribution < 1.29 is 50.3 Å². The van der Waals surface area contributed by atoms with Crippen LogP contribution in [-0.2, 0) is 9.47 Å². The van der Waals surface area contributed by atoms with Gasteiger partial charge < -0.3 is 55.6 Å². The molecule has 25 heavy (non-hydrogen) atoms. The van der Waals surface area contributed by atoms with Gasteiger partial charge in [0.25, 0.3) is 6.02 Å². The van der Waals surface area contributed by atoms with Gasteiger partial charge >= 0.3 is 0 Å². The highest BCUT2D eigenvalue weighted by Crippen LogP contribution is 2.38. The Balaban J connectivity index is 1.74. The van der Waals surface area contributed by atoms with E-state index in [9.17, 15) is 35.7 Å². The van der Waals surface area contributed by atoms with E-state index >= 15 is 0 Å². The average molecular weight is 366 g/mol. The number of fused-ring (bicyclic) bond motifs is 1. The van der Waals surface area contributed by atoms with Crippen LogP contribution in [0.5, 0.6) is 0 Å². The van der Waals surface area contributed by atoms with Crippen molar-refractivity contribution in [1.82, 2.24) is 5.32 Å². The van der Waals surface area contributed by atoms with E-state index in [1.165, 1.54) is 0 Å². The van der Waals surface area contributed by atoms with Crippen molar-refractivity contribution in [3.63, 3.8) is 0 Å². The zero-order valence-electron chi connectivity index (χ0n) is 13.0. The number of aliphatic hydroxyl groups is 8. The fourth-order valence-electron chi connectivity index (χ4n) is 3.33. The van der Waals surface area contributed by atoms with Crippen LogP contribution in [0.25, 0.3) is 0 Å². The van der Waals surface area contributed by atoms with Crippen molar-refractivity contribution in [2.75, 3.05) is 13.2 Å². The summed E-state index contributed by atoms with van der Waals surface area (Å²) in [5.41, 5.74) is -2.11. The Bertz CT molecular complexity index is 533. The molecule has 2 aliphatic heterocycles. The molecule has 0 aromatic carbocycles. The van der Waals surface area contributed by atoms with E-state index in [1.807, 2.05) is 0 Å². The van der Waals surface area contributed by atoms with Gasteiger partial charge in [0.15, 0.2) is 12.3 Å². The van der Waals surface area contributed by atoms with Crippen LogP contribution in [0.2, 0.25) is 0 Å². The Kier molecular flexibility index (Phi) is 4.91. The number of amidine groups is 1. The van der Waals surface area contributed by atoms with Crippen LogP contribution in [0, 0.1) is 0 Å². The lowest BCUT2D eigenvalue weighted by Gasteiger charge is -2.40. The normalized spacial score (nSPS) is 52.5. The van der Waals surface area contributed by atoms with E-state index in [4.69, 9.17) is 14.6 Å². The van der Waals surface area contributed by atoms with Crippen LogP contribution in [0.4, 0.5) is 0 Å². The van der Waals surface area contributed by atoms with Gasteiger partial charge in [-0.1, -0.05) is 0 Å². The van der Waals surface area contributed by atoms with E-state index in [-0.39, 0.29) is 6.02 Å². The molecule has 12 heteroatoms. The Morgan fingerprint density at radius 1 is 1.00 bits per heavy atom. The fraction of sp³-hybridized carbons (Fsp3) is 0.923. The highest BCUT2D eigenvalue weighted by atomic mass is 16.6. The summed E-state index contributed by atoms with van der Waals surface area (Å²) in [6.45, 7) is -1.48. The summed E-state index contributed by atoms with van der Waals surface area (Å²) in [6.07, 6.45) is -11.5. The molecule has 0 aromatic heterocycles. The van der Waals surface area contributed by atoms with Gasteiger partial charge in [-0.3, -0.25) is 0 Å². The maximum atomic E-state index is 10.3. The maximum Gasteiger partial charge on any atom is 0.287 e. The molecular weight excluding hydrogens is 344 g/mol. The monoisotopic (exact) mass is 366 g/mol. The number of rotatable bonds is 3. The molecule has 144 valence electrons. The standard InChI is InChI=1S/C13H22N2O10/c16-1-3-4(18)5(19)6(20)11(24-3)15-12-14-9-8(25-12)7(21)10(22)13(9,23)2-17/h3-11,16-23H,1-2H2,(H,14,15)/t3-,4-,5+,6-,7-,8-,9-,10+,11+,13+/m1/s1. The molecule has 3 rings (SSSR count). The molecule has 1 aliphatic carbocycles. The Morgan fingerprint density at radius 3 is 2.28 bits per heavy atom. The van der Waals surface area contributed by atoms with E-state index < -0.39 is 73.8 Å². The first-order valence-corrected chi connectivity index (χ1v) is 7.75. The summed E-state index contributed by atoms with van der Waals surface area (Å²) in [4.78, 5) is 3.95. The number of aliphatic hydroxyl groups excluding tert-OH is 7. The Morgan fingerprint density at radius 2 is 1.68 bits per heavy atom. The summed E-state index contributed by atoms with van der Waals surface area (Å²) in [5, 5.41) is 80.4. The fourth-order valence-corrected chi connectivity index (χ4v) is 3.33. The minimum atomic E-state index is -2.11. The average Bonchev–Trinajstić information content (AvgIpc) is 3.10. The largest absolute Gasteiger partial charge is 0.457 e. The predicted molar refractivity (Wildman–Crippen MR) is 77.0 cm³/mol. The molecular formula is C13H22N2O10. The molecule has 1 saturated carbocycles. The summed E-state index contributed by atoms with van der Waals surface area (Å²) in [5.74, 6) is 0. The molecule has 0 amide bonds. The van der Waals surface area contributed by atoms with Gasteiger partial charge in [-0.05, 0) is 0 Å². The molecule has 0 spiro atoms. The lowest BCUT2D eigenvalue weighted by Crippen LogP contribution is -2.63. The number of hydrogen-bond acceptors (Lipinski definition) is 12. The highest BCUT2D eigenvalue weighted by Gasteiger charge is 2.63. The minimum absolute atomic E-state index is 0.267. The molecule has 0 aromatic rings. The predicted octanol–water partition coefficient (Wildman–Crippen LogP) is -6.04. The van der Waals surface area contributed by atoms with Crippen LogP contribution in [0.15, 0.2) is 4.99 Å². The number of nitrogens with one attached hydrogen (secondary N) is 1. The number of aliphatic imine (C=N–C) groups is 1. The molecule has 2 heterocycles. The lowest BCUT2D eigenvalue weighted by molar-refractivity contribution is -0.233. The first-order valence-electron chi connectivity index (χ1n) is 7.75. The summed E-state index contributed by atoms with van der Waals surface area (Å²) >= 11 is 0. The molecule has 0 bridgehead atoms. The second-order valence-electron chi connectivity index (χ2n) is 6.44. The lowest BCUT2D eigenvalue weighted by atomic mass is 9.97. The van der Waals surface area contributed by atoms with Gasteiger partial charge in [0.1, 0.15) is 48.3 Å². The summed E-state index contributed by atoms with van der Waals surface area (Å²) in [6, 6.07) is -1.44.